The van der Waals surface area contributed by atoms with Crippen molar-refractivity contribution in [2.45, 2.75) is 6.04 Å². The van der Waals surface area contributed by atoms with Crippen molar-refractivity contribution in [2.24, 2.45) is 0 Å². The maximum atomic E-state index is 4.78. The molecule has 0 spiro atoms. The molecule has 3 aromatic rings. The molecule has 2 aromatic carbocycles. The highest BCUT2D eigenvalue weighted by molar-refractivity contribution is 7.10. The van der Waals surface area contributed by atoms with Gasteiger partial charge in [0.1, 0.15) is 5.01 Å². The van der Waals surface area contributed by atoms with Gasteiger partial charge >= 0.3 is 0 Å². The van der Waals surface area contributed by atoms with Gasteiger partial charge in [-0.2, -0.15) is 0 Å². The third-order valence-electron chi connectivity index (χ3n) is 3.26. The van der Waals surface area contributed by atoms with E-state index >= 15 is 0 Å². The van der Waals surface area contributed by atoms with Crippen LogP contribution < -0.4 is 5.32 Å². The summed E-state index contributed by atoms with van der Waals surface area (Å²) in [5.74, 6) is 0. The normalized spacial score (nSPS) is 12.2. The molecule has 0 saturated carbocycles. The second-order valence-electron chi connectivity index (χ2n) is 4.57. The molecule has 0 fully saturated rings. The summed E-state index contributed by atoms with van der Waals surface area (Å²) in [6.07, 6.45) is 0. The Labute approximate surface area is 123 Å². The van der Waals surface area contributed by atoms with Gasteiger partial charge in [0, 0.05) is 10.9 Å². The van der Waals surface area contributed by atoms with E-state index < -0.39 is 0 Å². The Hall–Kier alpha value is -1.97. The van der Waals surface area contributed by atoms with E-state index in [9.17, 15) is 0 Å². The zero-order valence-corrected chi connectivity index (χ0v) is 12.1. The van der Waals surface area contributed by atoms with Crippen molar-refractivity contribution in [1.82, 2.24) is 10.3 Å². The summed E-state index contributed by atoms with van der Waals surface area (Å²) in [4.78, 5) is 4.78. The van der Waals surface area contributed by atoms with Gasteiger partial charge < -0.3 is 5.32 Å². The van der Waals surface area contributed by atoms with E-state index in [0.717, 1.165) is 16.3 Å². The van der Waals surface area contributed by atoms with E-state index in [2.05, 4.69) is 47.1 Å². The Morgan fingerprint density at radius 3 is 2.25 bits per heavy atom. The third-order valence-corrected chi connectivity index (χ3v) is 4.17. The molecular formula is C17H16N2S. The lowest BCUT2D eigenvalue weighted by atomic mass is 10.1. The van der Waals surface area contributed by atoms with Gasteiger partial charge in [-0.15, -0.1) is 11.3 Å². The first kappa shape index (κ1) is 13.0. The summed E-state index contributed by atoms with van der Waals surface area (Å²) in [7, 11) is 1.97. The third kappa shape index (κ3) is 2.64. The van der Waals surface area contributed by atoms with Gasteiger partial charge in [-0.1, -0.05) is 60.7 Å². The molecule has 2 nitrogen and oxygen atoms in total. The standard InChI is InChI=1S/C17H16N2S/c1-18-16(14-10-6-3-7-11-14)17-19-15(12-20-17)13-8-4-2-5-9-13/h2-12,16,18H,1H3. The van der Waals surface area contributed by atoms with Crippen molar-refractivity contribution < 1.29 is 0 Å². The number of thiazole rings is 1. The van der Waals surface area contributed by atoms with Crippen LogP contribution in [-0.2, 0) is 0 Å². The number of rotatable bonds is 4. The molecule has 0 radical (unpaired) electrons. The van der Waals surface area contributed by atoms with E-state index in [-0.39, 0.29) is 6.04 Å². The molecule has 0 aliphatic carbocycles. The van der Waals surface area contributed by atoms with Crippen LogP contribution in [0, 0.1) is 0 Å². The minimum Gasteiger partial charge on any atom is -0.307 e. The average molecular weight is 280 g/mol. The molecule has 3 heteroatoms. The van der Waals surface area contributed by atoms with Crippen LogP contribution in [0.3, 0.4) is 0 Å². The first-order valence-electron chi connectivity index (χ1n) is 6.61. The van der Waals surface area contributed by atoms with Crippen LogP contribution in [0.4, 0.5) is 0 Å². The highest BCUT2D eigenvalue weighted by Crippen LogP contribution is 2.28. The van der Waals surface area contributed by atoms with Gasteiger partial charge in [0.15, 0.2) is 0 Å². The predicted octanol–water partition coefficient (Wildman–Crippen LogP) is 4.12. The Morgan fingerprint density at radius 1 is 0.950 bits per heavy atom. The van der Waals surface area contributed by atoms with Crippen LogP contribution >= 0.6 is 11.3 Å². The summed E-state index contributed by atoms with van der Waals surface area (Å²) in [5, 5.41) is 6.57. The number of aromatic nitrogens is 1. The predicted molar refractivity (Wildman–Crippen MR) is 84.9 cm³/mol. The lowest BCUT2D eigenvalue weighted by molar-refractivity contribution is 0.687. The van der Waals surface area contributed by atoms with Crippen LogP contribution in [-0.4, -0.2) is 12.0 Å². The van der Waals surface area contributed by atoms with Crippen molar-refractivity contribution in [3.05, 3.63) is 76.6 Å². The van der Waals surface area contributed by atoms with E-state index in [1.165, 1.54) is 5.56 Å². The molecule has 1 aromatic heterocycles. The first-order valence-corrected chi connectivity index (χ1v) is 7.49. The van der Waals surface area contributed by atoms with Gasteiger partial charge in [-0.25, -0.2) is 4.98 Å². The molecule has 1 heterocycles. The molecule has 1 atom stereocenters. The smallest absolute Gasteiger partial charge is 0.115 e. The van der Waals surface area contributed by atoms with Crippen LogP contribution in [0.2, 0.25) is 0 Å². The van der Waals surface area contributed by atoms with Crippen LogP contribution in [0.5, 0.6) is 0 Å². The Bertz CT molecular complexity index is 662. The van der Waals surface area contributed by atoms with Gasteiger partial charge in [-0.05, 0) is 12.6 Å². The number of nitrogens with zero attached hydrogens (tertiary/aromatic N) is 1. The molecule has 100 valence electrons. The zero-order chi connectivity index (χ0) is 13.8. The van der Waals surface area contributed by atoms with E-state index in [4.69, 9.17) is 4.98 Å². The van der Waals surface area contributed by atoms with E-state index in [1.54, 1.807) is 11.3 Å². The molecule has 0 saturated heterocycles. The van der Waals surface area contributed by atoms with Crippen LogP contribution in [0.25, 0.3) is 11.3 Å². The molecule has 1 N–H and O–H groups in total. The summed E-state index contributed by atoms with van der Waals surface area (Å²) < 4.78 is 0. The molecule has 0 amide bonds. The van der Waals surface area contributed by atoms with Crippen molar-refractivity contribution in [3.63, 3.8) is 0 Å². The largest absolute Gasteiger partial charge is 0.307 e. The maximum absolute atomic E-state index is 4.78. The van der Waals surface area contributed by atoms with Gasteiger partial charge in [-0.3, -0.25) is 0 Å². The molecular weight excluding hydrogens is 264 g/mol. The second-order valence-corrected chi connectivity index (χ2v) is 5.46. The summed E-state index contributed by atoms with van der Waals surface area (Å²) in [6, 6.07) is 20.9. The average Bonchev–Trinajstić information content (AvgIpc) is 3.00. The summed E-state index contributed by atoms with van der Waals surface area (Å²) in [6.45, 7) is 0. The lowest BCUT2D eigenvalue weighted by Crippen LogP contribution is -2.17. The molecule has 20 heavy (non-hydrogen) atoms. The van der Waals surface area contributed by atoms with E-state index in [0.29, 0.717) is 0 Å². The minimum absolute atomic E-state index is 0.152. The summed E-state index contributed by atoms with van der Waals surface area (Å²) >= 11 is 1.70. The number of hydrogen-bond donors (Lipinski definition) is 1. The second kappa shape index (κ2) is 5.99. The number of hydrogen-bond acceptors (Lipinski definition) is 3. The van der Waals surface area contributed by atoms with E-state index in [1.807, 2.05) is 31.3 Å². The molecule has 0 aliphatic rings. The Morgan fingerprint density at radius 2 is 1.60 bits per heavy atom. The van der Waals surface area contributed by atoms with Crippen LogP contribution in [0.15, 0.2) is 66.0 Å². The molecule has 1 unspecified atom stereocenters. The zero-order valence-electron chi connectivity index (χ0n) is 11.3. The van der Waals surface area contributed by atoms with Gasteiger partial charge in [0.05, 0.1) is 11.7 Å². The lowest BCUT2D eigenvalue weighted by Gasteiger charge is -2.13. The maximum Gasteiger partial charge on any atom is 0.115 e. The highest BCUT2D eigenvalue weighted by atomic mass is 32.1. The van der Waals surface area contributed by atoms with Crippen molar-refractivity contribution in [3.8, 4) is 11.3 Å². The van der Waals surface area contributed by atoms with Crippen molar-refractivity contribution in [1.29, 1.82) is 0 Å². The monoisotopic (exact) mass is 280 g/mol. The van der Waals surface area contributed by atoms with Crippen molar-refractivity contribution in [2.75, 3.05) is 7.05 Å². The molecule has 3 rings (SSSR count). The number of nitrogens with one attached hydrogen (secondary N) is 1. The van der Waals surface area contributed by atoms with Crippen LogP contribution in [0.1, 0.15) is 16.6 Å². The fourth-order valence-electron chi connectivity index (χ4n) is 2.24. The highest BCUT2D eigenvalue weighted by Gasteiger charge is 2.15. The SMILES string of the molecule is CNC(c1ccccc1)c1nc(-c2ccccc2)cs1. The summed E-state index contributed by atoms with van der Waals surface area (Å²) in [5.41, 5.74) is 3.45. The molecule has 0 aliphatic heterocycles. The first-order chi connectivity index (χ1) is 9.88. The topological polar surface area (TPSA) is 24.9 Å². The fraction of sp³-hybridized carbons (Fsp3) is 0.118. The van der Waals surface area contributed by atoms with Gasteiger partial charge in [0.25, 0.3) is 0 Å². The fourth-order valence-corrected chi connectivity index (χ4v) is 3.20. The Balaban J connectivity index is 1.93. The quantitative estimate of drug-likeness (QED) is 0.777. The minimum atomic E-state index is 0.152. The number of benzene rings is 2. The van der Waals surface area contributed by atoms with Gasteiger partial charge in [0.2, 0.25) is 0 Å². The van der Waals surface area contributed by atoms with Crippen molar-refractivity contribution >= 4 is 11.3 Å². The Kier molecular flexibility index (Phi) is 3.90. The molecule has 0 bridgehead atoms.